The van der Waals surface area contributed by atoms with E-state index in [1.807, 2.05) is 25.1 Å². The Kier molecular flexibility index (Phi) is 7.21. The first-order valence-electron chi connectivity index (χ1n) is 8.92. The number of benzene rings is 2. The van der Waals surface area contributed by atoms with E-state index in [9.17, 15) is 9.90 Å². The Labute approximate surface area is 159 Å². The van der Waals surface area contributed by atoms with Gasteiger partial charge in [0, 0.05) is 18.3 Å². The van der Waals surface area contributed by atoms with Crippen LogP contribution in [0.1, 0.15) is 43.5 Å². The van der Waals surface area contributed by atoms with Crippen LogP contribution in [0, 0.1) is 11.3 Å². The van der Waals surface area contributed by atoms with Crippen LogP contribution in [0.4, 0.5) is 5.69 Å². The number of carbonyl (C=O) groups is 1. The fourth-order valence-electron chi connectivity index (χ4n) is 2.62. The first kappa shape index (κ1) is 20.3. The van der Waals surface area contributed by atoms with Gasteiger partial charge < -0.3 is 20.5 Å². The van der Waals surface area contributed by atoms with Crippen LogP contribution in [0.5, 0.6) is 5.75 Å². The number of hydrogen-bond donors (Lipinski definition) is 3. The van der Waals surface area contributed by atoms with Gasteiger partial charge in [-0.25, -0.2) is 4.79 Å². The third-order valence-electron chi connectivity index (χ3n) is 3.92. The standard InChI is InChI=1S/C21H25N3O3/c1-4-27-19-10-16(13-23-14(2)3)9-17(11-19)20(21(25)26)24-18-7-5-15(12-22)6-8-18/h5-11,14,20,23-24H,4,13H2,1-3H3,(H,25,26). The zero-order chi connectivity index (χ0) is 19.8. The van der Waals surface area contributed by atoms with Crippen LogP contribution in [0.3, 0.4) is 0 Å². The van der Waals surface area contributed by atoms with Crippen LogP contribution in [0.15, 0.2) is 42.5 Å². The molecule has 1 unspecified atom stereocenters. The lowest BCUT2D eigenvalue weighted by Gasteiger charge is -2.19. The third kappa shape index (κ3) is 6.01. The Morgan fingerprint density at radius 2 is 1.93 bits per heavy atom. The average molecular weight is 367 g/mol. The second-order valence-electron chi connectivity index (χ2n) is 6.48. The topological polar surface area (TPSA) is 94.4 Å². The van der Waals surface area contributed by atoms with Crippen LogP contribution in [-0.4, -0.2) is 23.7 Å². The summed E-state index contributed by atoms with van der Waals surface area (Å²) in [5, 5.41) is 25.0. The van der Waals surface area contributed by atoms with Gasteiger partial charge in [-0.3, -0.25) is 0 Å². The number of ether oxygens (including phenoxy) is 1. The molecule has 27 heavy (non-hydrogen) atoms. The molecule has 6 heteroatoms. The minimum absolute atomic E-state index is 0.316. The molecule has 0 aliphatic rings. The second-order valence-corrected chi connectivity index (χ2v) is 6.48. The van der Waals surface area contributed by atoms with Crippen LogP contribution >= 0.6 is 0 Å². The van der Waals surface area contributed by atoms with E-state index in [0.29, 0.717) is 41.8 Å². The molecule has 2 aromatic carbocycles. The molecular formula is C21H25N3O3. The van der Waals surface area contributed by atoms with E-state index in [-0.39, 0.29) is 0 Å². The van der Waals surface area contributed by atoms with Crippen molar-refractivity contribution in [3.05, 3.63) is 59.2 Å². The summed E-state index contributed by atoms with van der Waals surface area (Å²) in [5.41, 5.74) is 2.72. The van der Waals surface area contributed by atoms with E-state index in [1.54, 1.807) is 30.3 Å². The molecule has 3 N–H and O–H groups in total. The van der Waals surface area contributed by atoms with Crippen molar-refractivity contribution >= 4 is 11.7 Å². The van der Waals surface area contributed by atoms with Crippen molar-refractivity contribution in [2.24, 2.45) is 0 Å². The first-order chi connectivity index (χ1) is 12.9. The van der Waals surface area contributed by atoms with Crippen LogP contribution in [-0.2, 0) is 11.3 Å². The molecule has 0 aliphatic carbocycles. The SMILES string of the molecule is CCOc1cc(CNC(C)C)cc(C(Nc2ccc(C#N)cc2)C(=O)O)c1. The van der Waals surface area contributed by atoms with Gasteiger partial charge in [0.1, 0.15) is 5.75 Å². The van der Waals surface area contributed by atoms with Crippen molar-refractivity contribution < 1.29 is 14.6 Å². The fourth-order valence-corrected chi connectivity index (χ4v) is 2.62. The van der Waals surface area contributed by atoms with Gasteiger partial charge in [-0.15, -0.1) is 0 Å². The number of aliphatic carboxylic acids is 1. The number of carboxylic acid groups (broad SMARTS) is 1. The fraction of sp³-hybridized carbons (Fsp3) is 0.333. The van der Waals surface area contributed by atoms with E-state index < -0.39 is 12.0 Å². The summed E-state index contributed by atoms with van der Waals surface area (Å²) in [6, 6.07) is 13.7. The summed E-state index contributed by atoms with van der Waals surface area (Å²) in [5.74, 6) is -0.348. The molecule has 1 atom stereocenters. The number of hydrogen-bond acceptors (Lipinski definition) is 5. The van der Waals surface area contributed by atoms with Crippen molar-refractivity contribution in [2.75, 3.05) is 11.9 Å². The summed E-state index contributed by atoms with van der Waals surface area (Å²) in [6.07, 6.45) is 0. The number of nitrogens with one attached hydrogen (secondary N) is 2. The maximum absolute atomic E-state index is 11.9. The van der Waals surface area contributed by atoms with Crippen LogP contribution < -0.4 is 15.4 Å². The minimum atomic E-state index is -0.990. The van der Waals surface area contributed by atoms with Crippen molar-refractivity contribution in [3.8, 4) is 11.8 Å². The molecule has 0 saturated heterocycles. The van der Waals surface area contributed by atoms with E-state index in [0.717, 1.165) is 5.56 Å². The highest BCUT2D eigenvalue weighted by molar-refractivity contribution is 5.79. The lowest BCUT2D eigenvalue weighted by atomic mass is 10.0. The van der Waals surface area contributed by atoms with Gasteiger partial charge in [0.15, 0.2) is 6.04 Å². The first-order valence-corrected chi connectivity index (χ1v) is 8.92. The van der Waals surface area contributed by atoms with E-state index in [4.69, 9.17) is 10.00 Å². The largest absolute Gasteiger partial charge is 0.494 e. The Bertz CT molecular complexity index is 810. The molecule has 0 heterocycles. The van der Waals surface area contributed by atoms with Crippen molar-refractivity contribution in [3.63, 3.8) is 0 Å². The average Bonchev–Trinajstić information content (AvgIpc) is 2.64. The molecule has 2 rings (SSSR count). The number of anilines is 1. The Hall–Kier alpha value is -3.04. The molecule has 142 valence electrons. The molecule has 0 spiro atoms. The number of nitrogens with zero attached hydrogens (tertiary/aromatic N) is 1. The highest BCUT2D eigenvalue weighted by atomic mass is 16.5. The zero-order valence-corrected chi connectivity index (χ0v) is 15.8. The van der Waals surface area contributed by atoms with Crippen LogP contribution in [0.25, 0.3) is 0 Å². The molecule has 0 aliphatic heterocycles. The molecular weight excluding hydrogens is 342 g/mol. The van der Waals surface area contributed by atoms with Gasteiger partial charge in [0.05, 0.1) is 18.2 Å². The van der Waals surface area contributed by atoms with E-state index in [1.165, 1.54) is 0 Å². The Morgan fingerprint density at radius 1 is 1.22 bits per heavy atom. The number of carboxylic acids is 1. The van der Waals surface area contributed by atoms with Gasteiger partial charge in [-0.2, -0.15) is 5.26 Å². The Balaban J connectivity index is 2.33. The number of nitriles is 1. The van der Waals surface area contributed by atoms with Crippen molar-refractivity contribution in [1.82, 2.24) is 5.32 Å². The predicted molar refractivity (Wildman–Crippen MR) is 105 cm³/mol. The second kappa shape index (κ2) is 9.60. The predicted octanol–water partition coefficient (Wildman–Crippen LogP) is 3.69. The molecule has 0 aromatic heterocycles. The van der Waals surface area contributed by atoms with Crippen molar-refractivity contribution in [1.29, 1.82) is 5.26 Å². The normalized spacial score (nSPS) is 11.7. The smallest absolute Gasteiger partial charge is 0.330 e. The van der Waals surface area contributed by atoms with E-state index >= 15 is 0 Å². The van der Waals surface area contributed by atoms with Gasteiger partial charge in [0.2, 0.25) is 0 Å². The summed E-state index contributed by atoms with van der Waals surface area (Å²) in [4.78, 5) is 11.9. The maximum Gasteiger partial charge on any atom is 0.330 e. The molecule has 2 aromatic rings. The van der Waals surface area contributed by atoms with E-state index in [2.05, 4.69) is 24.5 Å². The maximum atomic E-state index is 11.9. The molecule has 0 saturated carbocycles. The van der Waals surface area contributed by atoms with Gasteiger partial charge in [-0.05, 0) is 54.4 Å². The number of rotatable bonds is 9. The van der Waals surface area contributed by atoms with Gasteiger partial charge in [-0.1, -0.05) is 19.9 Å². The molecule has 0 radical (unpaired) electrons. The Morgan fingerprint density at radius 3 is 2.48 bits per heavy atom. The van der Waals surface area contributed by atoms with Gasteiger partial charge >= 0.3 is 5.97 Å². The molecule has 6 nitrogen and oxygen atoms in total. The highest BCUT2D eigenvalue weighted by Gasteiger charge is 2.21. The van der Waals surface area contributed by atoms with Crippen molar-refractivity contribution in [2.45, 2.75) is 39.4 Å². The summed E-state index contributed by atoms with van der Waals surface area (Å²) < 4.78 is 5.62. The summed E-state index contributed by atoms with van der Waals surface area (Å²) in [7, 11) is 0. The minimum Gasteiger partial charge on any atom is -0.494 e. The highest BCUT2D eigenvalue weighted by Crippen LogP contribution is 2.26. The third-order valence-corrected chi connectivity index (χ3v) is 3.92. The molecule has 0 amide bonds. The summed E-state index contributed by atoms with van der Waals surface area (Å²) in [6.45, 7) is 7.12. The zero-order valence-electron chi connectivity index (χ0n) is 15.8. The van der Waals surface area contributed by atoms with Crippen LogP contribution in [0.2, 0.25) is 0 Å². The summed E-state index contributed by atoms with van der Waals surface area (Å²) >= 11 is 0. The quantitative estimate of drug-likeness (QED) is 0.626. The lowest BCUT2D eigenvalue weighted by molar-refractivity contribution is -0.138. The molecule has 0 bridgehead atoms. The molecule has 0 fully saturated rings. The monoisotopic (exact) mass is 367 g/mol. The lowest BCUT2D eigenvalue weighted by Crippen LogP contribution is -2.23. The van der Waals surface area contributed by atoms with Gasteiger partial charge in [0.25, 0.3) is 0 Å².